The summed E-state index contributed by atoms with van der Waals surface area (Å²) in [5, 5.41) is 9.61. The zero-order valence-electron chi connectivity index (χ0n) is 12.7. The summed E-state index contributed by atoms with van der Waals surface area (Å²) in [7, 11) is 0. The fraction of sp³-hybridized carbons (Fsp3) is 0.389. The molecule has 21 heavy (non-hydrogen) atoms. The van der Waals surface area contributed by atoms with Crippen molar-refractivity contribution in [3.8, 4) is 0 Å². The molecule has 1 aromatic carbocycles. The van der Waals surface area contributed by atoms with Gasteiger partial charge in [-0.15, -0.1) is 0 Å². The van der Waals surface area contributed by atoms with Gasteiger partial charge in [0.25, 0.3) is 0 Å². The van der Waals surface area contributed by atoms with Gasteiger partial charge in [-0.25, -0.2) is 4.79 Å². The number of allylic oxidation sites excluding steroid dienone is 2. The third-order valence-electron chi connectivity index (χ3n) is 4.27. The highest BCUT2D eigenvalue weighted by atomic mass is 16.4. The molecule has 0 heterocycles. The Morgan fingerprint density at radius 1 is 1.38 bits per heavy atom. The summed E-state index contributed by atoms with van der Waals surface area (Å²) in [5.74, 6) is 0.372. The van der Waals surface area contributed by atoms with Gasteiger partial charge in [0.15, 0.2) is 0 Å². The number of carboxylic acid groups (broad SMARTS) is 1. The van der Waals surface area contributed by atoms with E-state index in [2.05, 4.69) is 12.7 Å². The van der Waals surface area contributed by atoms with Crippen molar-refractivity contribution < 1.29 is 9.90 Å². The second kappa shape index (κ2) is 6.61. The topological polar surface area (TPSA) is 40.5 Å². The van der Waals surface area contributed by atoms with Crippen LogP contribution in [0.15, 0.2) is 54.1 Å². The molecular formula is C18H23NO2. The first-order valence-corrected chi connectivity index (χ1v) is 7.34. The molecule has 1 amide bonds. The van der Waals surface area contributed by atoms with Crippen LogP contribution in [0, 0.1) is 5.92 Å². The summed E-state index contributed by atoms with van der Waals surface area (Å²) in [6, 6.07) is 9.70. The monoisotopic (exact) mass is 285 g/mol. The lowest BCUT2D eigenvalue weighted by Crippen LogP contribution is -2.42. The molecule has 0 bridgehead atoms. The van der Waals surface area contributed by atoms with Crippen molar-refractivity contribution >= 4 is 6.09 Å². The number of hydrogen-bond acceptors (Lipinski definition) is 1. The van der Waals surface area contributed by atoms with Crippen LogP contribution in [0.25, 0.3) is 0 Å². The summed E-state index contributed by atoms with van der Waals surface area (Å²) >= 11 is 0. The maximum absolute atomic E-state index is 11.7. The quantitative estimate of drug-likeness (QED) is 0.829. The fourth-order valence-corrected chi connectivity index (χ4v) is 2.88. The van der Waals surface area contributed by atoms with Crippen LogP contribution in [-0.4, -0.2) is 22.1 Å². The van der Waals surface area contributed by atoms with Crippen molar-refractivity contribution in [3.63, 3.8) is 0 Å². The van der Waals surface area contributed by atoms with Crippen molar-refractivity contribution in [2.75, 3.05) is 0 Å². The van der Waals surface area contributed by atoms with Gasteiger partial charge in [0.05, 0.1) is 6.04 Å². The molecule has 0 spiro atoms. The molecule has 112 valence electrons. The zero-order valence-corrected chi connectivity index (χ0v) is 12.7. The Kier molecular flexibility index (Phi) is 4.84. The summed E-state index contributed by atoms with van der Waals surface area (Å²) < 4.78 is 0. The number of amides is 1. The first-order chi connectivity index (χ1) is 9.99. The van der Waals surface area contributed by atoms with Gasteiger partial charge >= 0.3 is 6.09 Å². The molecule has 0 fully saturated rings. The maximum Gasteiger partial charge on any atom is 0.408 e. The maximum atomic E-state index is 11.7. The van der Waals surface area contributed by atoms with Crippen LogP contribution < -0.4 is 0 Å². The molecule has 0 radical (unpaired) electrons. The molecule has 0 saturated carbocycles. The lowest BCUT2D eigenvalue weighted by Gasteiger charge is -2.36. The number of nitrogens with zero attached hydrogens (tertiary/aromatic N) is 1. The van der Waals surface area contributed by atoms with Gasteiger partial charge < -0.3 is 5.11 Å². The van der Waals surface area contributed by atoms with Crippen LogP contribution >= 0.6 is 0 Å². The van der Waals surface area contributed by atoms with Gasteiger partial charge in [-0.3, -0.25) is 4.90 Å². The molecule has 1 N–H and O–H groups in total. The van der Waals surface area contributed by atoms with Crippen LogP contribution in [0.1, 0.15) is 32.3 Å². The predicted octanol–water partition coefficient (Wildman–Crippen LogP) is 4.47. The van der Waals surface area contributed by atoms with Gasteiger partial charge in [0, 0.05) is 6.54 Å². The molecule has 1 aliphatic carbocycles. The number of benzene rings is 1. The highest BCUT2D eigenvalue weighted by Gasteiger charge is 2.30. The Hall–Kier alpha value is -2.03. The molecule has 1 aromatic rings. The Balaban J connectivity index is 2.21. The molecule has 2 unspecified atom stereocenters. The van der Waals surface area contributed by atoms with Gasteiger partial charge in [0.2, 0.25) is 0 Å². The summed E-state index contributed by atoms with van der Waals surface area (Å²) in [5.41, 5.74) is 3.30. The number of hydrogen-bond donors (Lipinski definition) is 1. The second-order valence-corrected chi connectivity index (χ2v) is 5.87. The fourth-order valence-electron chi connectivity index (χ4n) is 2.88. The highest BCUT2D eigenvalue weighted by Crippen LogP contribution is 2.32. The Morgan fingerprint density at radius 3 is 2.62 bits per heavy atom. The molecule has 3 heteroatoms. The third-order valence-corrected chi connectivity index (χ3v) is 4.27. The SMILES string of the molecule is C=C(C)C1CC=C(C)C(N(Cc2ccccc2)C(=O)O)C1. The molecule has 2 atom stereocenters. The molecular weight excluding hydrogens is 262 g/mol. The van der Waals surface area contributed by atoms with E-state index < -0.39 is 6.09 Å². The van der Waals surface area contributed by atoms with E-state index in [0.29, 0.717) is 12.5 Å². The van der Waals surface area contributed by atoms with Crippen LogP contribution in [0.3, 0.4) is 0 Å². The molecule has 3 nitrogen and oxygen atoms in total. The normalized spacial score (nSPS) is 21.5. The van der Waals surface area contributed by atoms with Crippen molar-refractivity contribution in [1.82, 2.24) is 4.90 Å². The average molecular weight is 285 g/mol. The summed E-state index contributed by atoms with van der Waals surface area (Å²) in [4.78, 5) is 13.3. The Bertz CT molecular complexity index is 548. The van der Waals surface area contributed by atoms with Gasteiger partial charge in [-0.2, -0.15) is 0 Å². The molecule has 0 aliphatic heterocycles. The van der Waals surface area contributed by atoms with Gasteiger partial charge in [0.1, 0.15) is 0 Å². The largest absolute Gasteiger partial charge is 0.465 e. The van der Waals surface area contributed by atoms with Crippen molar-refractivity contribution in [3.05, 3.63) is 59.7 Å². The lowest BCUT2D eigenvalue weighted by atomic mass is 9.82. The van der Waals surface area contributed by atoms with Crippen molar-refractivity contribution in [2.24, 2.45) is 5.92 Å². The molecule has 0 aromatic heterocycles. The second-order valence-electron chi connectivity index (χ2n) is 5.87. The molecule has 1 aliphatic rings. The van der Waals surface area contributed by atoms with E-state index in [1.54, 1.807) is 4.90 Å². The van der Waals surface area contributed by atoms with E-state index in [4.69, 9.17) is 0 Å². The first kappa shape index (κ1) is 15.4. The zero-order chi connectivity index (χ0) is 15.4. The van der Waals surface area contributed by atoms with E-state index in [0.717, 1.165) is 29.6 Å². The Labute approximate surface area is 126 Å². The lowest BCUT2D eigenvalue weighted by molar-refractivity contribution is 0.120. The minimum atomic E-state index is -0.862. The smallest absolute Gasteiger partial charge is 0.408 e. The van der Waals surface area contributed by atoms with E-state index in [1.165, 1.54) is 0 Å². The molecule has 2 rings (SSSR count). The van der Waals surface area contributed by atoms with Gasteiger partial charge in [-0.05, 0) is 38.2 Å². The summed E-state index contributed by atoms with van der Waals surface area (Å²) in [6.45, 7) is 8.51. The standard InChI is InChI=1S/C18H23NO2/c1-13(2)16-10-9-14(3)17(11-16)19(18(20)21)12-15-7-5-4-6-8-15/h4-9,16-17H,1,10-12H2,2-3H3,(H,20,21). The van der Waals surface area contributed by atoms with Crippen LogP contribution in [0.5, 0.6) is 0 Å². The Morgan fingerprint density at radius 2 is 2.05 bits per heavy atom. The average Bonchev–Trinajstić information content (AvgIpc) is 2.46. The predicted molar refractivity (Wildman–Crippen MR) is 85.1 cm³/mol. The van der Waals surface area contributed by atoms with Crippen LogP contribution in [0.2, 0.25) is 0 Å². The number of carbonyl (C=O) groups is 1. The minimum absolute atomic E-state index is 0.0573. The van der Waals surface area contributed by atoms with Crippen molar-refractivity contribution in [1.29, 1.82) is 0 Å². The van der Waals surface area contributed by atoms with Crippen LogP contribution in [0.4, 0.5) is 4.79 Å². The first-order valence-electron chi connectivity index (χ1n) is 7.34. The van der Waals surface area contributed by atoms with E-state index in [1.807, 2.05) is 44.2 Å². The van der Waals surface area contributed by atoms with E-state index in [9.17, 15) is 9.90 Å². The summed E-state index contributed by atoms with van der Waals surface area (Å²) in [6.07, 6.45) is 3.10. The van der Waals surface area contributed by atoms with Crippen molar-refractivity contribution in [2.45, 2.75) is 39.3 Å². The number of rotatable bonds is 4. The highest BCUT2D eigenvalue weighted by molar-refractivity contribution is 5.66. The minimum Gasteiger partial charge on any atom is -0.465 e. The van der Waals surface area contributed by atoms with Gasteiger partial charge in [-0.1, -0.05) is 54.1 Å². The third kappa shape index (κ3) is 3.75. The van der Waals surface area contributed by atoms with Crippen LogP contribution in [-0.2, 0) is 6.54 Å². The van der Waals surface area contributed by atoms with E-state index >= 15 is 0 Å². The molecule has 0 saturated heterocycles. The van der Waals surface area contributed by atoms with E-state index in [-0.39, 0.29) is 6.04 Å².